The molecule has 0 aliphatic carbocycles. The standard InChI is InChI=1S/C13H18N4O/c1-3-4-9-18-10-7-14-13-15-12-11(2)6-5-8-17(12)16-13/h3,5-6,8H,1,4,7,9-10H2,2H3,(H,14,16). The van der Waals surface area contributed by atoms with Crippen molar-refractivity contribution in [1.29, 1.82) is 0 Å². The highest BCUT2D eigenvalue weighted by molar-refractivity contribution is 5.49. The number of nitrogens with zero attached hydrogens (tertiary/aromatic N) is 3. The Bertz CT molecular complexity index is 521. The van der Waals surface area contributed by atoms with Crippen LogP contribution in [0.25, 0.3) is 5.65 Å². The Labute approximate surface area is 106 Å². The molecule has 0 saturated carbocycles. The molecular weight excluding hydrogens is 228 g/mol. The minimum Gasteiger partial charge on any atom is -0.379 e. The van der Waals surface area contributed by atoms with Gasteiger partial charge in [-0.25, -0.2) is 4.52 Å². The number of aromatic nitrogens is 3. The van der Waals surface area contributed by atoms with E-state index in [0.717, 1.165) is 17.6 Å². The molecule has 2 aromatic heterocycles. The second-order valence-corrected chi connectivity index (χ2v) is 4.01. The van der Waals surface area contributed by atoms with Crippen LogP contribution in [0.5, 0.6) is 0 Å². The molecule has 2 aromatic rings. The average molecular weight is 246 g/mol. The third-order valence-corrected chi connectivity index (χ3v) is 2.55. The first-order valence-corrected chi connectivity index (χ1v) is 6.06. The Balaban J connectivity index is 1.85. The molecule has 0 unspecified atom stereocenters. The van der Waals surface area contributed by atoms with Crippen LogP contribution in [-0.2, 0) is 4.74 Å². The summed E-state index contributed by atoms with van der Waals surface area (Å²) in [4.78, 5) is 4.42. The lowest BCUT2D eigenvalue weighted by atomic mass is 10.3. The fraction of sp³-hybridized carbons (Fsp3) is 0.385. The number of pyridine rings is 1. The van der Waals surface area contributed by atoms with Gasteiger partial charge in [0, 0.05) is 12.7 Å². The summed E-state index contributed by atoms with van der Waals surface area (Å²) >= 11 is 0. The molecule has 0 atom stereocenters. The fourth-order valence-corrected chi connectivity index (χ4v) is 1.62. The van der Waals surface area contributed by atoms with Crippen LogP contribution >= 0.6 is 0 Å². The Morgan fingerprint density at radius 3 is 3.17 bits per heavy atom. The molecule has 0 saturated heterocycles. The van der Waals surface area contributed by atoms with Crippen molar-refractivity contribution in [2.24, 2.45) is 0 Å². The van der Waals surface area contributed by atoms with Gasteiger partial charge >= 0.3 is 0 Å². The number of fused-ring (bicyclic) bond motifs is 1. The van der Waals surface area contributed by atoms with Gasteiger partial charge in [-0.3, -0.25) is 0 Å². The zero-order valence-corrected chi connectivity index (χ0v) is 10.6. The summed E-state index contributed by atoms with van der Waals surface area (Å²) in [5, 5.41) is 7.47. The zero-order chi connectivity index (χ0) is 12.8. The van der Waals surface area contributed by atoms with Crippen LogP contribution < -0.4 is 5.32 Å². The monoisotopic (exact) mass is 246 g/mol. The van der Waals surface area contributed by atoms with Crippen LogP contribution in [0.15, 0.2) is 31.0 Å². The third kappa shape index (κ3) is 3.07. The molecule has 2 rings (SSSR count). The van der Waals surface area contributed by atoms with Gasteiger partial charge in [0.2, 0.25) is 5.95 Å². The summed E-state index contributed by atoms with van der Waals surface area (Å²) in [7, 11) is 0. The second-order valence-electron chi connectivity index (χ2n) is 4.01. The van der Waals surface area contributed by atoms with E-state index >= 15 is 0 Å². The number of ether oxygens (including phenoxy) is 1. The van der Waals surface area contributed by atoms with Crippen molar-refractivity contribution in [3.63, 3.8) is 0 Å². The van der Waals surface area contributed by atoms with Gasteiger partial charge in [-0.2, -0.15) is 4.98 Å². The molecule has 5 nitrogen and oxygen atoms in total. The van der Waals surface area contributed by atoms with Gasteiger partial charge < -0.3 is 10.1 Å². The molecule has 0 radical (unpaired) electrons. The lowest BCUT2D eigenvalue weighted by Gasteiger charge is -2.02. The summed E-state index contributed by atoms with van der Waals surface area (Å²) in [6.07, 6.45) is 4.62. The Morgan fingerprint density at radius 2 is 2.39 bits per heavy atom. The molecule has 5 heteroatoms. The maximum Gasteiger partial charge on any atom is 0.243 e. The first-order chi connectivity index (χ1) is 8.81. The summed E-state index contributed by atoms with van der Waals surface area (Å²) < 4.78 is 7.17. The number of aryl methyl sites for hydroxylation is 1. The topological polar surface area (TPSA) is 51.5 Å². The second kappa shape index (κ2) is 6.16. The predicted octanol–water partition coefficient (Wildman–Crippen LogP) is 2.04. The normalized spacial score (nSPS) is 10.7. The van der Waals surface area contributed by atoms with Crippen LogP contribution in [0.4, 0.5) is 5.95 Å². The molecule has 0 fully saturated rings. The van der Waals surface area contributed by atoms with Gasteiger partial charge in [-0.15, -0.1) is 11.7 Å². The van der Waals surface area contributed by atoms with E-state index in [-0.39, 0.29) is 0 Å². The number of nitrogens with one attached hydrogen (secondary N) is 1. The first-order valence-electron chi connectivity index (χ1n) is 6.06. The molecule has 0 aliphatic heterocycles. The molecule has 0 aromatic carbocycles. The van der Waals surface area contributed by atoms with Crippen LogP contribution in [-0.4, -0.2) is 34.4 Å². The minimum absolute atomic E-state index is 0.636. The Kier molecular flexibility index (Phi) is 4.30. The fourth-order valence-electron chi connectivity index (χ4n) is 1.62. The van der Waals surface area contributed by atoms with Crippen molar-refractivity contribution in [3.8, 4) is 0 Å². The highest BCUT2D eigenvalue weighted by Gasteiger charge is 2.03. The molecule has 2 heterocycles. The Morgan fingerprint density at radius 1 is 1.50 bits per heavy atom. The molecule has 0 bridgehead atoms. The quantitative estimate of drug-likeness (QED) is 0.600. The van der Waals surface area contributed by atoms with E-state index in [9.17, 15) is 0 Å². The largest absolute Gasteiger partial charge is 0.379 e. The van der Waals surface area contributed by atoms with Gasteiger partial charge in [0.15, 0.2) is 5.65 Å². The molecule has 0 aliphatic rings. The summed E-state index contributed by atoms with van der Waals surface area (Å²) in [6, 6.07) is 3.98. The Hall–Kier alpha value is -1.88. The summed E-state index contributed by atoms with van der Waals surface area (Å²) in [5.41, 5.74) is 1.99. The van der Waals surface area contributed by atoms with E-state index < -0.39 is 0 Å². The van der Waals surface area contributed by atoms with Crippen molar-refractivity contribution >= 4 is 11.6 Å². The van der Waals surface area contributed by atoms with Crippen LogP contribution in [0.2, 0.25) is 0 Å². The lowest BCUT2D eigenvalue weighted by molar-refractivity contribution is 0.149. The van der Waals surface area contributed by atoms with Gasteiger partial charge in [0.1, 0.15) is 0 Å². The minimum atomic E-state index is 0.636. The number of rotatable bonds is 7. The van der Waals surface area contributed by atoms with Gasteiger partial charge in [-0.1, -0.05) is 12.1 Å². The SMILES string of the molecule is C=CCCOCCNc1nc2c(C)cccn2n1. The van der Waals surface area contributed by atoms with Crippen molar-refractivity contribution in [2.75, 3.05) is 25.1 Å². The maximum atomic E-state index is 5.40. The van der Waals surface area contributed by atoms with Crippen LogP contribution in [0.3, 0.4) is 0 Å². The molecule has 0 amide bonds. The predicted molar refractivity (Wildman–Crippen MR) is 71.8 cm³/mol. The lowest BCUT2D eigenvalue weighted by Crippen LogP contribution is -2.10. The van der Waals surface area contributed by atoms with Crippen molar-refractivity contribution in [2.45, 2.75) is 13.3 Å². The van der Waals surface area contributed by atoms with E-state index in [2.05, 4.69) is 22.0 Å². The van der Waals surface area contributed by atoms with Crippen molar-refractivity contribution < 1.29 is 4.74 Å². The maximum absolute atomic E-state index is 5.40. The van der Waals surface area contributed by atoms with E-state index in [4.69, 9.17) is 4.74 Å². The number of hydrogen-bond donors (Lipinski definition) is 1. The van der Waals surface area contributed by atoms with Gasteiger partial charge in [-0.05, 0) is 25.0 Å². The smallest absolute Gasteiger partial charge is 0.243 e. The molecule has 18 heavy (non-hydrogen) atoms. The third-order valence-electron chi connectivity index (χ3n) is 2.55. The van der Waals surface area contributed by atoms with E-state index in [1.807, 2.05) is 31.3 Å². The van der Waals surface area contributed by atoms with Gasteiger partial charge in [0.05, 0.1) is 13.2 Å². The van der Waals surface area contributed by atoms with E-state index in [1.54, 1.807) is 4.52 Å². The average Bonchev–Trinajstić information content (AvgIpc) is 2.78. The highest BCUT2D eigenvalue weighted by Crippen LogP contribution is 2.09. The van der Waals surface area contributed by atoms with E-state index in [0.29, 0.717) is 25.7 Å². The number of hydrogen-bond acceptors (Lipinski definition) is 4. The number of anilines is 1. The highest BCUT2D eigenvalue weighted by atomic mass is 16.5. The molecular formula is C13H18N4O. The first kappa shape index (κ1) is 12.6. The van der Waals surface area contributed by atoms with Crippen LogP contribution in [0.1, 0.15) is 12.0 Å². The van der Waals surface area contributed by atoms with Gasteiger partial charge in [0.25, 0.3) is 0 Å². The molecule has 1 N–H and O–H groups in total. The van der Waals surface area contributed by atoms with Crippen molar-refractivity contribution in [1.82, 2.24) is 14.6 Å². The zero-order valence-electron chi connectivity index (χ0n) is 10.6. The van der Waals surface area contributed by atoms with Crippen molar-refractivity contribution in [3.05, 3.63) is 36.5 Å². The van der Waals surface area contributed by atoms with E-state index in [1.165, 1.54) is 0 Å². The van der Waals surface area contributed by atoms with Crippen LogP contribution in [0, 0.1) is 6.92 Å². The molecule has 96 valence electrons. The summed E-state index contributed by atoms with van der Waals surface area (Å²) in [6.45, 7) is 7.71. The molecule has 0 spiro atoms. The summed E-state index contributed by atoms with van der Waals surface area (Å²) in [5.74, 6) is 0.636.